The van der Waals surface area contributed by atoms with Crippen LogP contribution < -0.4 is 10.1 Å². The molecule has 1 aromatic carbocycles. The maximum atomic E-state index is 12.1. The Morgan fingerprint density at radius 2 is 2.00 bits per heavy atom. The minimum absolute atomic E-state index is 0.00720. The zero-order chi connectivity index (χ0) is 15.3. The van der Waals surface area contributed by atoms with E-state index in [-0.39, 0.29) is 33.9 Å². The third-order valence-electron chi connectivity index (χ3n) is 2.86. The highest BCUT2D eigenvalue weighted by Crippen LogP contribution is 2.33. The number of benzene rings is 1. The second kappa shape index (κ2) is 7.98. The van der Waals surface area contributed by atoms with Gasteiger partial charge in [-0.15, -0.1) is 0 Å². The summed E-state index contributed by atoms with van der Waals surface area (Å²) in [5.41, 5.74) is 0.352. The molecule has 0 aliphatic rings. The number of aliphatic hydroxyl groups is 1. The van der Waals surface area contributed by atoms with Gasteiger partial charge in [-0.05, 0) is 25.3 Å². The van der Waals surface area contributed by atoms with Gasteiger partial charge in [-0.1, -0.05) is 23.2 Å². The van der Waals surface area contributed by atoms with E-state index in [1.54, 1.807) is 0 Å². The van der Waals surface area contributed by atoms with Crippen molar-refractivity contribution in [1.82, 2.24) is 5.32 Å². The van der Waals surface area contributed by atoms with Crippen LogP contribution in [-0.2, 0) is 0 Å². The molecule has 0 aliphatic heterocycles. The number of carbonyl (C=O) groups is 1. The van der Waals surface area contributed by atoms with Crippen molar-refractivity contribution in [3.63, 3.8) is 0 Å². The summed E-state index contributed by atoms with van der Waals surface area (Å²) in [6.45, 7) is 1.83. The second-order valence-corrected chi connectivity index (χ2v) is 6.08. The van der Waals surface area contributed by atoms with Crippen molar-refractivity contribution in [2.75, 3.05) is 20.0 Å². The number of aliphatic hydroxyl groups excluding tert-OH is 1. The second-order valence-electron chi connectivity index (χ2n) is 4.19. The Labute approximate surface area is 132 Å². The van der Waals surface area contributed by atoms with E-state index in [1.165, 1.54) is 31.0 Å². The molecule has 1 amide bonds. The highest BCUT2D eigenvalue weighted by molar-refractivity contribution is 7.99. The topological polar surface area (TPSA) is 58.6 Å². The molecule has 0 fully saturated rings. The standard InChI is InChI=1S/C13H17Cl2NO3S/c1-7(11(6-17)20-3)16-13(18)8-4-9(14)12(19-2)10(15)5-8/h4-5,7,11,17H,6H2,1-3H3,(H,16,18). The lowest BCUT2D eigenvalue weighted by molar-refractivity contribution is 0.0936. The molecule has 0 aromatic heterocycles. The summed E-state index contributed by atoms with van der Waals surface area (Å²) in [6, 6.07) is 2.82. The van der Waals surface area contributed by atoms with Crippen LogP contribution in [0.4, 0.5) is 0 Å². The number of hydrogen-bond donors (Lipinski definition) is 2. The Morgan fingerprint density at radius 3 is 2.40 bits per heavy atom. The highest BCUT2D eigenvalue weighted by Gasteiger charge is 2.19. The molecule has 0 saturated heterocycles. The molecule has 2 N–H and O–H groups in total. The number of halogens is 2. The normalized spacial score (nSPS) is 13.7. The minimum Gasteiger partial charge on any atom is -0.494 e. The summed E-state index contributed by atoms with van der Waals surface area (Å²) in [5.74, 6) is 0.0479. The summed E-state index contributed by atoms with van der Waals surface area (Å²) in [4.78, 5) is 12.1. The Hall–Kier alpha value is -0.620. The molecule has 0 heterocycles. The molecule has 0 bridgehead atoms. The maximum Gasteiger partial charge on any atom is 0.251 e. The Kier molecular flexibility index (Phi) is 6.95. The molecule has 0 spiro atoms. The average Bonchev–Trinajstić information content (AvgIpc) is 2.39. The van der Waals surface area contributed by atoms with Crippen LogP contribution in [0.1, 0.15) is 17.3 Å². The van der Waals surface area contributed by atoms with Gasteiger partial charge in [0.15, 0.2) is 5.75 Å². The number of carbonyl (C=O) groups excluding carboxylic acids is 1. The first-order chi connectivity index (χ1) is 9.44. The Bertz CT molecular complexity index is 458. The van der Waals surface area contributed by atoms with Crippen LogP contribution >= 0.6 is 35.0 Å². The van der Waals surface area contributed by atoms with Crippen LogP contribution in [0.15, 0.2) is 12.1 Å². The van der Waals surface area contributed by atoms with E-state index in [0.29, 0.717) is 11.3 Å². The quantitative estimate of drug-likeness (QED) is 0.837. The monoisotopic (exact) mass is 337 g/mol. The lowest BCUT2D eigenvalue weighted by Crippen LogP contribution is -2.41. The predicted octanol–water partition coefficient (Wildman–Crippen LogP) is 2.84. The molecule has 0 radical (unpaired) electrons. The van der Waals surface area contributed by atoms with Gasteiger partial charge >= 0.3 is 0 Å². The zero-order valence-electron chi connectivity index (χ0n) is 11.4. The molecule has 2 atom stereocenters. The van der Waals surface area contributed by atoms with Crippen molar-refractivity contribution in [2.24, 2.45) is 0 Å². The number of nitrogens with one attached hydrogen (secondary N) is 1. The van der Waals surface area contributed by atoms with E-state index in [9.17, 15) is 9.90 Å². The molecule has 1 aromatic rings. The SMILES string of the molecule is COc1c(Cl)cc(C(=O)NC(C)C(CO)SC)cc1Cl. The summed E-state index contributed by atoms with van der Waals surface area (Å²) in [6.07, 6.45) is 1.88. The van der Waals surface area contributed by atoms with Crippen LogP contribution in [-0.4, -0.2) is 42.3 Å². The lowest BCUT2D eigenvalue weighted by atomic mass is 10.1. The van der Waals surface area contributed by atoms with Crippen molar-refractivity contribution >= 4 is 40.9 Å². The van der Waals surface area contributed by atoms with E-state index >= 15 is 0 Å². The summed E-state index contributed by atoms with van der Waals surface area (Å²) in [7, 11) is 1.46. The third-order valence-corrected chi connectivity index (χ3v) is 4.59. The molecular formula is C13H17Cl2NO3S. The molecule has 2 unspecified atom stereocenters. The van der Waals surface area contributed by atoms with Crippen molar-refractivity contribution < 1.29 is 14.6 Å². The molecule has 4 nitrogen and oxygen atoms in total. The van der Waals surface area contributed by atoms with Crippen LogP contribution in [0.3, 0.4) is 0 Å². The van der Waals surface area contributed by atoms with Gasteiger partial charge in [-0.2, -0.15) is 11.8 Å². The van der Waals surface area contributed by atoms with E-state index in [4.69, 9.17) is 27.9 Å². The highest BCUT2D eigenvalue weighted by atomic mass is 35.5. The predicted molar refractivity (Wildman–Crippen MR) is 84.3 cm³/mol. The Morgan fingerprint density at radius 1 is 1.45 bits per heavy atom. The van der Waals surface area contributed by atoms with Crippen molar-refractivity contribution in [3.05, 3.63) is 27.7 Å². The molecule has 20 heavy (non-hydrogen) atoms. The minimum atomic E-state index is -0.295. The van der Waals surface area contributed by atoms with Gasteiger partial charge in [0.1, 0.15) is 0 Å². The van der Waals surface area contributed by atoms with E-state index in [2.05, 4.69) is 5.32 Å². The fourth-order valence-electron chi connectivity index (χ4n) is 1.71. The maximum absolute atomic E-state index is 12.1. The van der Waals surface area contributed by atoms with Crippen LogP contribution in [0.2, 0.25) is 10.0 Å². The largest absolute Gasteiger partial charge is 0.494 e. The van der Waals surface area contributed by atoms with Crippen LogP contribution in [0.25, 0.3) is 0 Å². The number of amides is 1. The van der Waals surface area contributed by atoms with Gasteiger partial charge in [0, 0.05) is 16.9 Å². The van der Waals surface area contributed by atoms with Gasteiger partial charge in [0.25, 0.3) is 5.91 Å². The van der Waals surface area contributed by atoms with Gasteiger partial charge in [-0.3, -0.25) is 4.79 Å². The molecule has 112 valence electrons. The molecule has 0 aliphatic carbocycles. The summed E-state index contributed by atoms with van der Waals surface area (Å²) < 4.78 is 5.03. The smallest absolute Gasteiger partial charge is 0.251 e. The van der Waals surface area contributed by atoms with Crippen molar-refractivity contribution in [1.29, 1.82) is 0 Å². The van der Waals surface area contributed by atoms with Gasteiger partial charge < -0.3 is 15.2 Å². The average molecular weight is 338 g/mol. The van der Waals surface area contributed by atoms with Crippen LogP contribution in [0, 0.1) is 0 Å². The van der Waals surface area contributed by atoms with Gasteiger partial charge in [-0.25, -0.2) is 0 Å². The molecular weight excluding hydrogens is 321 g/mol. The van der Waals surface area contributed by atoms with Crippen LogP contribution in [0.5, 0.6) is 5.75 Å². The fraction of sp³-hybridized carbons (Fsp3) is 0.462. The third kappa shape index (κ3) is 4.19. The van der Waals surface area contributed by atoms with E-state index < -0.39 is 0 Å². The zero-order valence-corrected chi connectivity index (χ0v) is 13.8. The number of rotatable bonds is 6. The van der Waals surface area contributed by atoms with Gasteiger partial charge in [0.05, 0.1) is 23.8 Å². The molecule has 1 rings (SSSR count). The van der Waals surface area contributed by atoms with E-state index in [0.717, 1.165) is 0 Å². The number of ether oxygens (including phenoxy) is 1. The number of hydrogen-bond acceptors (Lipinski definition) is 4. The van der Waals surface area contributed by atoms with Crippen molar-refractivity contribution in [3.8, 4) is 5.75 Å². The summed E-state index contributed by atoms with van der Waals surface area (Å²) in [5, 5.41) is 12.5. The fourth-order valence-corrected chi connectivity index (χ4v) is 2.97. The number of methoxy groups -OCH3 is 1. The molecule has 7 heteroatoms. The van der Waals surface area contributed by atoms with Gasteiger partial charge in [0.2, 0.25) is 0 Å². The first-order valence-corrected chi connectivity index (χ1v) is 7.96. The lowest BCUT2D eigenvalue weighted by Gasteiger charge is -2.21. The van der Waals surface area contributed by atoms with Crippen molar-refractivity contribution in [2.45, 2.75) is 18.2 Å². The Balaban J connectivity index is 2.88. The number of thioether (sulfide) groups is 1. The first kappa shape index (κ1) is 17.4. The molecule has 0 saturated carbocycles. The summed E-state index contributed by atoms with van der Waals surface area (Å²) >= 11 is 13.5. The van der Waals surface area contributed by atoms with E-state index in [1.807, 2.05) is 13.2 Å². The first-order valence-electron chi connectivity index (χ1n) is 5.92.